The number of hydrogen-bond donors (Lipinski definition) is 0. The summed E-state index contributed by atoms with van der Waals surface area (Å²) in [5, 5.41) is 0. The van der Waals surface area contributed by atoms with Crippen LogP contribution in [0.15, 0.2) is 47.1 Å². The summed E-state index contributed by atoms with van der Waals surface area (Å²) < 4.78 is 22.4. The van der Waals surface area contributed by atoms with E-state index >= 15 is 0 Å². The van der Waals surface area contributed by atoms with Crippen LogP contribution in [0.25, 0.3) is 0 Å². The second kappa shape index (κ2) is 7.93. The molecule has 26 heavy (non-hydrogen) atoms. The van der Waals surface area contributed by atoms with Crippen LogP contribution in [-0.2, 0) is 16.1 Å². The van der Waals surface area contributed by atoms with Gasteiger partial charge < -0.3 is 23.5 Å². The van der Waals surface area contributed by atoms with E-state index in [-0.39, 0.29) is 12.2 Å². The molecule has 1 aromatic heterocycles. The SMILES string of the molecule is O=C(c1occc1COc1ccccc1)N1CCC(C2OCCO2)CC1. The fourth-order valence-electron chi connectivity index (χ4n) is 3.48. The van der Waals surface area contributed by atoms with Crippen molar-refractivity contribution in [2.75, 3.05) is 26.3 Å². The first-order valence-corrected chi connectivity index (χ1v) is 9.08. The van der Waals surface area contributed by atoms with E-state index in [1.54, 1.807) is 12.3 Å². The fourth-order valence-corrected chi connectivity index (χ4v) is 3.48. The van der Waals surface area contributed by atoms with Crippen LogP contribution in [0.3, 0.4) is 0 Å². The Morgan fingerprint density at radius 1 is 1.08 bits per heavy atom. The average Bonchev–Trinajstić information content (AvgIpc) is 3.39. The molecule has 2 aliphatic rings. The second-order valence-electron chi connectivity index (χ2n) is 6.62. The van der Waals surface area contributed by atoms with Gasteiger partial charge in [0.2, 0.25) is 0 Å². The van der Waals surface area contributed by atoms with Gasteiger partial charge in [-0.3, -0.25) is 4.79 Å². The zero-order valence-corrected chi connectivity index (χ0v) is 14.6. The Hall–Kier alpha value is -2.31. The number of nitrogens with zero attached hydrogens (tertiary/aromatic N) is 1. The lowest BCUT2D eigenvalue weighted by molar-refractivity contribution is -0.0956. The van der Waals surface area contributed by atoms with Crippen LogP contribution in [0.5, 0.6) is 5.75 Å². The summed E-state index contributed by atoms with van der Waals surface area (Å²) >= 11 is 0. The number of amides is 1. The molecule has 0 spiro atoms. The van der Waals surface area contributed by atoms with E-state index in [4.69, 9.17) is 18.6 Å². The summed E-state index contributed by atoms with van der Waals surface area (Å²) in [7, 11) is 0. The Labute approximate surface area is 152 Å². The van der Waals surface area contributed by atoms with Crippen LogP contribution in [0.2, 0.25) is 0 Å². The molecule has 138 valence electrons. The van der Waals surface area contributed by atoms with Crippen molar-refractivity contribution < 1.29 is 23.4 Å². The molecular weight excluding hydrogens is 334 g/mol. The van der Waals surface area contributed by atoms with E-state index in [0.717, 1.165) is 24.2 Å². The number of benzene rings is 1. The lowest BCUT2D eigenvalue weighted by Gasteiger charge is -2.33. The number of furan rings is 1. The highest BCUT2D eigenvalue weighted by molar-refractivity contribution is 5.93. The number of ether oxygens (including phenoxy) is 3. The van der Waals surface area contributed by atoms with Crippen molar-refractivity contribution in [2.45, 2.75) is 25.7 Å². The normalized spacial score (nSPS) is 19.0. The number of carbonyl (C=O) groups is 1. The monoisotopic (exact) mass is 357 g/mol. The summed E-state index contributed by atoms with van der Waals surface area (Å²) in [5.74, 6) is 1.42. The number of carbonyl (C=O) groups excluding carboxylic acids is 1. The molecule has 2 aliphatic heterocycles. The molecule has 6 nitrogen and oxygen atoms in total. The molecule has 0 unspecified atom stereocenters. The van der Waals surface area contributed by atoms with E-state index in [0.29, 0.717) is 44.6 Å². The number of rotatable bonds is 5. The smallest absolute Gasteiger partial charge is 0.289 e. The van der Waals surface area contributed by atoms with Gasteiger partial charge in [-0.25, -0.2) is 0 Å². The highest BCUT2D eigenvalue weighted by atomic mass is 16.7. The van der Waals surface area contributed by atoms with Crippen LogP contribution in [0, 0.1) is 5.92 Å². The van der Waals surface area contributed by atoms with Crippen molar-refractivity contribution in [3.8, 4) is 5.75 Å². The maximum Gasteiger partial charge on any atom is 0.289 e. The Morgan fingerprint density at radius 3 is 2.54 bits per heavy atom. The molecule has 2 fully saturated rings. The van der Waals surface area contributed by atoms with Gasteiger partial charge in [-0.05, 0) is 31.0 Å². The quantitative estimate of drug-likeness (QED) is 0.823. The Morgan fingerprint density at radius 2 is 1.81 bits per heavy atom. The van der Waals surface area contributed by atoms with E-state index < -0.39 is 0 Å². The molecule has 1 aromatic carbocycles. The molecule has 0 atom stereocenters. The van der Waals surface area contributed by atoms with Crippen molar-refractivity contribution in [2.24, 2.45) is 5.92 Å². The largest absolute Gasteiger partial charge is 0.489 e. The van der Waals surface area contributed by atoms with Gasteiger partial charge >= 0.3 is 0 Å². The third-order valence-corrected chi connectivity index (χ3v) is 4.94. The number of para-hydroxylation sites is 1. The molecule has 4 rings (SSSR count). The molecule has 2 saturated heterocycles. The minimum Gasteiger partial charge on any atom is -0.489 e. The minimum atomic E-state index is -0.106. The zero-order chi connectivity index (χ0) is 17.8. The maximum atomic E-state index is 12.8. The van der Waals surface area contributed by atoms with Crippen LogP contribution < -0.4 is 4.74 Å². The van der Waals surface area contributed by atoms with Gasteiger partial charge in [0.15, 0.2) is 12.1 Å². The predicted octanol–water partition coefficient (Wildman–Crippen LogP) is 3.08. The molecule has 0 aliphatic carbocycles. The van der Waals surface area contributed by atoms with Gasteiger partial charge in [0.05, 0.1) is 19.5 Å². The summed E-state index contributed by atoms with van der Waals surface area (Å²) in [6.45, 7) is 3.02. The first-order valence-electron chi connectivity index (χ1n) is 9.08. The third kappa shape index (κ3) is 3.76. The summed E-state index contributed by atoms with van der Waals surface area (Å²) in [5.41, 5.74) is 0.767. The van der Waals surface area contributed by atoms with Gasteiger partial charge in [0.1, 0.15) is 12.4 Å². The van der Waals surface area contributed by atoms with Gasteiger partial charge in [-0.1, -0.05) is 18.2 Å². The molecule has 1 amide bonds. The van der Waals surface area contributed by atoms with Crippen LogP contribution in [0.1, 0.15) is 29.0 Å². The summed E-state index contributed by atoms with van der Waals surface area (Å²) in [6, 6.07) is 11.3. The zero-order valence-electron chi connectivity index (χ0n) is 14.6. The number of hydrogen-bond acceptors (Lipinski definition) is 5. The first kappa shape index (κ1) is 17.1. The van der Waals surface area contributed by atoms with Crippen molar-refractivity contribution in [3.63, 3.8) is 0 Å². The Kier molecular flexibility index (Phi) is 5.22. The second-order valence-corrected chi connectivity index (χ2v) is 6.62. The Bertz CT molecular complexity index is 715. The van der Waals surface area contributed by atoms with Crippen molar-refractivity contribution in [1.29, 1.82) is 0 Å². The van der Waals surface area contributed by atoms with Crippen LogP contribution in [0.4, 0.5) is 0 Å². The summed E-state index contributed by atoms with van der Waals surface area (Å²) in [4.78, 5) is 14.7. The van der Waals surface area contributed by atoms with E-state index in [1.165, 1.54) is 0 Å². The topological polar surface area (TPSA) is 61.1 Å². The Balaban J connectivity index is 1.34. The van der Waals surface area contributed by atoms with Crippen LogP contribution in [-0.4, -0.2) is 43.4 Å². The first-order chi connectivity index (χ1) is 12.8. The average molecular weight is 357 g/mol. The standard InChI is InChI=1S/C20H23NO5/c22-19(21-9-6-15(7-10-21)20-24-12-13-25-20)18-16(8-11-23-18)14-26-17-4-2-1-3-5-17/h1-5,8,11,15,20H,6-7,9-10,12-14H2. The number of likely N-dealkylation sites (tertiary alicyclic amines) is 1. The molecule has 0 N–H and O–H groups in total. The molecule has 0 bridgehead atoms. The lowest BCUT2D eigenvalue weighted by Crippen LogP contribution is -2.41. The molecule has 0 saturated carbocycles. The molecule has 2 aromatic rings. The molecule has 6 heteroatoms. The molecule has 0 radical (unpaired) electrons. The summed E-state index contributed by atoms with van der Waals surface area (Å²) in [6.07, 6.45) is 3.20. The lowest BCUT2D eigenvalue weighted by atomic mass is 9.96. The van der Waals surface area contributed by atoms with Gasteiger partial charge in [-0.2, -0.15) is 0 Å². The van der Waals surface area contributed by atoms with E-state index in [2.05, 4.69) is 0 Å². The molecule has 3 heterocycles. The van der Waals surface area contributed by atoms with Crippen molar-refractivity contribution in [3.05, 3.63) is 54.0 Å². The predicted molar refractivity (Wildman–Crippen MR) is 93.8 cm³/mol. The highest BCUT2D eigenvalue weighted by Gasteiger charge is 2.33. The van der Waals surface area contributed by atoms with E-state index in [9.17, 15) is 4.79 Å². The van der Waals surface area contributed by atoms with Gasteiger partial charge in [0, 0.05) is 24.6 Å². The van der Waals surface area contributed by atoms with E-state index in [1.807, 2.05) is 35.2 Å². The molecular formula is C20H23NO5. The number of piperidine rings is 1. The van der Waals surface area contributed by atoms with Crippen molar-refractivity contribution >= 4 is 5.91 Å². The highest BCUT2D eigenvalue weighted by Crippen LogP contribution is 2.27. The van der Waals surface area contributed by atoms with Crippen molar-refractivity contribution in [1.82, 2.24) is 4.90 Å². The van der Waals surface area contributed by atoms with Gasteiger partial charge in [0.25, 0.3) is 5.91 Å². The van der Waals surface area contributed by atoms with Gasteiger partial charge in [-0.15, -0.1) is 0 Å². The fraction of sp³-hybridized carbons (Fsp3) is 0.450. The minimum absolute atomic E-state index is 0.0756. The maximum absolute atomic E-state index is 12.8. The van der Waals surface area contributed by atoms with Crippen LogP contribution >= 0.6 is 0 Å². The third-order valence-electron chi connectivity index (χ3n) is 4.94.